The minimum atomic E-state index is -4.70. The van der Waals surface area contributed by atoms with Crippen molar-refractivity contribution in [1.29, 1.82) is 0 Å². The van der Waals surface area contributed by atoms with Crippen molar-refractivity contribution in [2.45, 2.75) is 174 Å². The number of aromatic nitrogens is 2. The molecule has 576 valence electrons. The number of aliphatic hydroxyl groups excluding tert-OH is 6. The lowest BCUT2D eigenvalue weighted by atomic mass is 9.83. The van der Waals surface area contributed by atoms with Crippen LogP contribution in [0, 0.1) is 6.92 Å². The number of aromatic amines is 1. The van der Waals surface area contributed by atoms with Gasteiger partial charge in [-0.2, -0.15) is 11.8 Å². The first-order valence-corrected chi connectivity index (χ1v) is 36.8. The highest BCUT2D eigenvalue weighted by atomic mass is 33.1. The average molecular weight is 1540 g/mol. The van der Waals surface area contributed by atoms with E-state index in [4.69, 9.17) is 126 Å². The van der Waals surface area contributed by atoms with E-state index >= 15 is 0 Å². The molecule has 2 aromatic rings. The highest BCUT2D eigenvalue weighted by Gasteiger charge is 2.56. The lowest BCUT2D eigenvalue weighted by molar-refractivity contribution is -0.306. The van der Waals surface area contributed by atoms with Crippen LogP contribution in [0.5, 0.6) is 5.75 Å². The Hall–Kier alpha value is -7.10. The highest BCUT2D eigenvalue weighted by molar-refractivity contribution is 8.76. The maximum atomic E-state index is 12.8. The van der Waals surface area contributed by atoms with Crippen LogP contribution in [0.2, 0.25) is 0 Å². The van der Waals surface area contributed by atoms with Gasteiger partial charge in [0.05, 0.1) is 69.9 Å². The molecule has 103 heavy (non-hydrogen) atoms. The first-order chi connectivity index (χ1) is 48.8. The molecule has 0 bridgehead atoms. The second-order valence-electron chi connectivity index (χ2n) is 23.7. The number of thioether (sulfide) groups is 1. The summed E-state index contributed by atoms with van der Waals surface area (Å²) in [6.07, 6.45) is -24.8. The van der Waals surface area contributed by atoms with E-state index in [1.807, 2.05) is 0 Å². The van der Waals surface area contributed by atoms with Crippen LogP contribution in [0.25, 0.3) is 10.4 Å². The summed E-state index contributed by atoms with van der Waals surface area (Å²) in [7, 11) is -1.67. The van der Waals surface area contributed by atoms with Gasteiger partial charge < -0.3 is 147 Å². The number of aryl methyl sites for hydroxylation is 1. The number of hydrogen-bond acceptors (Lipinski definition) is 31. The van der Waals surface area contributed by atoms with Crippen LogP contribution >= 0.6 is 41.2 Å². The topological polar surface area (TPSA) is 767 Å². The van der Waals surface area contributed by atoms with Gasteiger partial charge in [0, 0.05) is 52.5 Å². The predicted octanol–water partition coefficient (Wildman–Crippen LogP) is -8.02. The minimum Gasteiger partial charge on any atom is -0.427 e. The molecule has 5 aliphatic rings. The Kier molecular flexibility index (Phi) is 31.7. The molecule has 49 heteroatoms. The Morgan fingerprint density at radius 1 is 0.641 bits per heavy atom. The summed E-state index contributed by atoms with van der Waals surface area (Å²) in [5.41, 5.74) is 77.2. The Morgan fingerprint density at radius 3 is 1.78 bits per heavy atom. The first kappa shape index (κ1) is 83.2. The van der Waals surface area contributed by atoms with Crippen molar-refractivity contribution < 1.29 is 96.6 Å². The molecule has 0 amide bonds. The number of ether oxygens (including phenoxy) is 9. The Balaban J connectivity index is 0.920. The van der Waals surface area contributed by atoms with Crippen LogP contribution in [-0.4, -0.2) is 271 Å². The third-order valence-corrected chi connectivity index (χ3v) is 20.4. The number of phosphoric ester groups is 1. The second-order valence-corrected chi connectivity index (χ2v) is 29.0. The monoisotopic (exact) mass is 1540 g/mol. The zero-order valence-electron chi connectivity index (χ0n) is 55.3. The van der Waals surface area contributed by atoms with Gasteiger partial charge in [0.2, 0.25) is 0 Å². The van der Waals surface area contributed by atoms with Crippen LogP contribution in [0.15, 0.2) is 75.1 Å². The third kappa shape index (κ3) is 24.5. The summed E-state index contributed by atoms with van der Waals surface area (Å²) < 4.78 is 79.4. The molecule has 13 unspecified atom stereocenters. The number of phosphoric acid groups is 1. The van der Waals surface area contributed by atoms with Crippen molar-refractivity contribution in [2.24, 2.45) is 104 Å². The third-order valence-electron chi connectivity index (χ3n) is 16.0. The molecular weight excluding hydrogens is 1450 g/mol. The van der Waals surface area contributed by atoms with Crippen molar-refractivity contribution in [2.75, 3.05) is 55.9 Å². The molecule has 7 rings (SSSR count). The van der Waals surface area contributed by atoms with E-state index in [0.29, 0.717) is 35.8 Å². The number of benzene rings is 1. The number of rotatable bonds is 36. The summed E-state index contributed by atoms with van der Waals surface area (Å²) in [6.45, 7) is 0.333. The smallest absolute Gasteiger partial charge is 0.427 e. The van der Waals surface area contributed by atoms with Crippen molar-refractivity contribution in [3.8, 4) is 5.75 Å². The number of esters is 1. The van der Waals surface area contributed by atoms with E-state index in [-0.39, 0.29) is 68.0 Å². The van der Waals surface area contributed by atoms with Gasteiger partial charge in [-0.3, -0.25) is 38.2 Å². The lowest BCUT2D eigenvalue weighted by Crippen LogP contribution is -2.64. The molecule has 5 heterocycles. The SMILES string of the molecule is Cc1cn([C@H]2CC(N=[N+]=[N-])[C@@H](COP(=O)(O)OCc3ccc(OC(=O)CCCSSCCOCCSC[C@H]4O[C@@H](OC5C(O)[C@H](N=C(N)N)CC(N=C(N)N)[C@H]5O[C@H]5OC(CN=C(N)N)[C@@H](O)C(O)C5N=C(N)N)C(O)C4OC4O[C@@H](CN=C(N)N)C(O)C(O)[C@H]4N=C(N)N)cc3)O2)c(=O)[nH]c1=O. The molecule has 0 radical (unpaired) electrons. The maximum Gasteiger partial charge on any atom is 0.472 e. The van der Waals surface area contributed by atoms with Gasteiger partial charge in [0.15, 0.2) is 54.6 Å². The molecule has 5 fully saturated rings. The van der Waals surface area contributed by atoms with Gasteiger partial charge >= 0.3 is 19.5 Å². The predicted molar refractivity (Wildman–Crippen MR) is 373 cm³/mol. The number of H-pyrrole nitrogens is 1. The number of nitrogens with one attached hydrogen (secondary N) is 1. The molecule has 1 aromatic heterocycles. The van der Waals surface area contributed by atoms with Crippen LogP contribution < -0.4 is 84.8 Å². The molecular formula is C54H90N23O22PS3. The van der Waals surface area contributed by atoms with E-state index in [0.717, 1.165) is 4.57 Å². The number of azide groups is 1. The summed E-state index contributed by atoms with van der Waals surface area (Å²) >= 11 is 1.29. The lowest BCUT2D eigenvalue weighted by Gasteiger charge is -2.47. The van der Waals surface area contributed by atoms with Gasteiger partial charge in [0.1, 0.15) is 91.2 Å². The number of guanidine groups is 6. The zero-order valence-corrected chi connectivity index (χ0v) is 58.7. The Bertz CT molecular complexity index is 3510. The van der Waals surface area contributed by atoms with Gasteiger partial charge in [-0.25, -0.2) is 29.3 Å². The van der Waals surface area contributed by atoms with E-state index < -0.39 is 197 Å². The van der Waals surface area contributed by atoms with Crippen LogP contribution in [-0.2, 0) is 62.9 Å². The van der Waals surface area contributed by atoms with E-state index in [1.165, 1.54) is 70.7 Å². The molecule has 1 aromatic carbocycles. The molecule has 4 aliphatic heterocycles. The minimum absolute atomic E-state index is 0.00977. The van der Waals surface area contributed by atoms with E-state index in [1.54, 1.807) is 0 Å². The van der Waals surface area contributed by atoms with E-state index in [9.17, 15) is 54.5 Å². The average Bonchev–Trinajstić information content (AvgIpc) is 1.76. The van der Waals surface area contributed by atoms with Crippen molar-refractivity contribution in [3.05, 3.63) is 72.9 Å². The van der Waals surface area contributed by atoms with Crippen molar-refractivity contribution >= 4 is 82.9 Å². The number of nitrogens with zero attached hydrogens (tertiary/aromatic N) is 10. The largest absolute Gasteiger partial charge is 0.472 e. The van der Waals surface area contributed by atoms with E-state index in [2.05, 4.69) is 45.0 Å². The van der Waals surface area contributed by atoms with Crippen molar-refractivity contribution in [3.63, 3.8) is 0 Å². The number of carbonyl (C=O) groups is 1. The first-order valence-electron chi connectivity index (χ1n) is 31.6. The molecule has 1 saturated carbocycles. The summed E-state index contributed by atoms with van der Waals surface area (Å²) in [5, 5.41) is 73.2. The van der Waals surface area contributed by atoms with Crippen LogP contribution in [0.3, 0.4) is 0 Å². The fraction of sp³-hybridized carbons (Fsp3) is 0.685. The summed E-state index contributed by atoms with van der Waals surface area (Å²) in [5.74, 6) is -1.57. The molecule has 4 saturated heterocycles. The number of nitrogens with two attached hydrogens (primary N) is 12. The molecule has 23 atom stereocenters. The number of aliphatic imine (C=N–C) groups is 6. The quantitative estimate of drug-likeness (QED) is 0.00288. The fourth-order valence-corrected chi connectivity index (χ4v) is 14.8. The molecule has 32 N–H and O–H groups in total. The Morgan fingerprint density at radius 2 is 1.19 bits per heavy atom. The summed E-state index contributed by atoms with van der Waals surface area (Å²) in [6, 6.07) is -0.509. The molecule has 45 nitrogen and oxygen atoms in total. The fourth-order valence-electron chi connectivity index (χ4n) is 11.2. The van der Waals surface area contributed by atoms with Crippen LogP contribution in [0.4, 0.5) is 0 Å². The summed E-state index contributed by atoms with van der Waals surface area (Å²) in [4.78, 5) is 76.8. The van der Waals surface area contributed by atoms with Gasteiger partial charge in [-0.05, 0) is 43.0 Å². The number of hydrogen-bond donors (Lipinski definition) is 20. The number of carbonyl (C=O) groups excluding carboxylic acids is 1. The maximum absolute atomic E-state index is 12.8. The molecule has 0 spiro atoms. The van der Waals surface area contributed by atoms with Gasteiger partial charge in [-0.15, -0.1) is 0 Å². The Labute approximate surface area is 598 Å². The zero-order chi connectivity index (χ0) is 75.4. The highest BCUT2D eigenvalue weighted by Crippen LogP contribution is 2.46. The van der Waals surface area contributed by atoms with Crippen molar-refractivity contribution in [1.82, 2.24) is 9.55 Å². The normalized spacial score (nSPS) is 31.8. The van der Waals surface area contributed by atoms with Crippen LogP contribution in [0.1, 0.15) is 43.0 Å². The molecule has 1 aliphatic carbocycles. The second kappa shape index (κ2) is 39.3. The standard InChI is InChI=1S/C54H90N23O22PS3/c1-21-17-77(54(86)74-44(21)85)31-14-24(75-76-67)29(93-31)19-91-100(87,88)90-18-22-4-6-23(7-5-22)92-32(78)3-2-10-102-103-12-9-89-8-11-101-20-30-42(98-46-34(73-53(65)66)39(83)37(81)28(95-46)16-69-49(57)58)40(84)47(96-30)99-43-35(79)25(70-50(59)60)13-26(71-51(61)62)41(43)97-45-33(72-52(63)64)38(82)36(80)27(94-45)15-68-48(55)56/h4-7,17,24-31,33-43,45-47,79-84H,2-3,8-16,18-20H2,1H3,(H,87,88)(H4,55,56,68)(H4,57,58,69)(H4,59,60,70)(H4,61,62,71)(H4,63,64,72)(H4,65,66,73)(H,74,85,86)/t24?,25-,26?,27?,28+,29-,30-,31-,33?,34-,35?,36-,37?,38?,39?,40?,41-,42?,43?,45-,46?,47+/m1/s1. The number of aliphatic hydroxyl groups is 6. The van der Waals surface area contributed by atoms with Gasteiger partial charge in [-0.1, -0.05) is 38.8 Å². The van der Waals surface area contributed by atoms with Gasteiger partial charge in [0.25, 0.3) is 5.56 Å².